The Bertz CT molecular complexity index is 615. The first kappa shape index (κ1) is 13.4. The molecule has 0 aliphatic rings. The summed E-state index contributed by atoms with van der Waals surface area (Å²) in [7, 11) is 0. The van der Waals surface area contributed by atoms with Gasteiger partial charge in [-0.1, -0.05) is 23.7 Å². The molecule has 2 aromatic rings. The first-order chi connectivity index (χ1) is 8.97. The number of amides is 1. The van der Waals surface area contributed by atoms with Crippen molar-refractivity contribution in [2.75, 3.05) is 11.1 Å². The molecule has 1 amide bonds. The molecule has 3 N–H and O–H groups in total. The second-order valence-electron chi connectivity index (χ2n) is 4.52. The van der Waals surface area contributed by atoms with Crippen LogP contribution in [0.1, 0.15) is 21.5 Å². The van der Waals surface area contributed by atoms with Crippen LogP contribution in [0.15, 0.2) is 36.4 Å². The quantitative estimate of drug-likeness (QED) is 0.819. The number of nitrogen functional groups attached to an aromatic ring is 1. The van der Waals surface area contributed by atoms with E-state index in [1.807, 2.05) is 26.0 Å². The largest absolute Gasteiger partial charge is 0.399 e. The van der Waals surface area contributed by atoms with Gasteiger partial charge < -0.3 is 11.1 Å². The normalized spacial score (nSPS) is 10.3. The molecule has 2 rings (SSSR count). The molecule has 0 aliphatic carbocycles. The third-order valence-electron chi connectivity index (χ3n) is 2.82. The maximum absolute atomic E-state index is 12.1. The fraction of sp³-hybridized carbons (Fsp3) is 0.133. The summed E-state index contributed by atoms with van der Waals surface area (Å²) in [6, 6.07) is 10.6. The predicted molar refractivity (Wildman–Crippen MR) is 79.7 cm³/mol. The van der Waals surface area contributed by atoms with E-state index in [0.717, 1.165) is 11.1 Å². The van der Waals surface area contributed by atoms with Gasteiger partial charge in [-0.15, -0.1) is 0 Å². The van der Waals surface area contributed by atoms with Crippen molar-refractivity contribution >= 4 is 28.9 Å². The van der Waals surface area contributed by atoms with Crippen molar-refractivity contribution in [3.8, 4) is 0 Å². The number of anilines is 2. The molecule has 0 fully saturated rings. The number of hydrogen-bond donors (Lipinski definition) is 2. The van der Waals surface area contributed by atoms with E-state index in [0.29, 0.717) is 22.0 Å². The lowest BCUT2D eigenvalue weighted by Crippen LogP contribution is -2.13. The summed E-state index contributed by atoms with van der Waals surface area (Å²) in [5, 5.41) is 3.36. The van der Waals surface area contributed by atoms with Crippen LogP contribution >= 0.6 is 11.6 Å². The topological polar surface area (TPSA) is 55.1 Å². The molecule has 0 unspecified atom stereocenters. The molecule has 0 heterocycles. The molecule has 98 valence electrons. The zero-order chi connectivity index (χ0) is 14.0. The summed E-state index contributed by atoms with van der Waals surface area (Å²) >= 11 is 6.16. The number of nitrogens with two attached hydrogens (primary N) is 1. The number of nitrogens with one attached hydrogen (secondary N) is 1. The van der Waals surface area contributed by atoms with Gasteiger partial charge in [0.1, 0.15) is 0 Å². The van der Waals surface area contributed by atoms with Crippen LogP contribution in [-0.2, 0) is 0 Å². The van der Waals surface area contributed by atoms with Gasteiger partial charge in [0.15, 0.2) is 0 Å². The van der Waals surface area contributed by atoms with E-state index in [9.17, 15) is 4.79 Å². The Balaban J connectivity index is 2.29. The fourth-order valence-corrected chi connectivity index (χ4v) is 2.31. The van der Waals surface area contributed by atoms with Gasteiger partial charge in [-0.25, -0.2) is 0 Å². The fourth-order valence-electron chi connectivity index (χ4n) is 1.94. The Labute approximate surface area is 117 Å². The predicted octanol–water partition coefficient (Wildman–Crippen LogP) is 3.79. The van der Waals surface area contributed by atoms with Gasteiger partial charge in [0.2, 0.25) is 0 Å². The summed E-state index contributed by atoms with van der Waals surface area (Å²) in [6.07, 6.45) is 0. The van der Waals surface area contributed by atoms with Crippen molar-refractivity contribution in [2.24, 2.45) is 0 Å². The molecule has 0 saturated carbocycles. The highest BCUT2D eigenvalue weighted by molar-refractivity contribution is 6.34. The van der Waals surface area contributed by atoms with Crippen molar-refractivity contribution in [1.82, 2.24) is 0 Å². The number of carbonyl (C=O) groups excluding carboxylic acids is 1. The number of hydrogen-bond acceptors (Lipinski definition) is 2. The van der Waals surface area contributed by atoms with Crippen LogP contribution in [0, 0.1) is 13.8 Å². The van der Waals surface area contributed by atoms with E-state index in [1.54, 1.807) is 24.3 Å². The van der Waals surface area contributed by atoms with Crippen LogP contribution in [0.2, 0.25) is 5.02 Å². The zero-order valence-electron chi connectivity index (χ0n) is 10.8. The van der Waals surface area contributed by atoms with Gasteiger partial charge in [-0.3, -0.25) is 4.79 Å². The van der Waals surface area contributed by atoms with Gasteiger partial charge in [-0.2, -0.15) is 0 Å². The molecule has 0 aliphatic heterocycles. The summed E-state index contributed by atoms with van der Waals surface area (Å²) in [4.78, 5) is 12.1. The molecule has 0 saturated heterocycles. The van der Waals surface area contributed by atoms with Crippen LogP contribution in [0.25, 0.3) is 0 Å². The van der Waals surface area contributed by atoms with Crippen LogP contribution in [0.3, 0.4) is 0 Å². The Morgan fingerprint density at radius 3 is 2.58 bits per heavy atom. The summed E-state index contributed by atoms with van der Waals surface area (Å²) in [5.74, 6) is -0.221. The van der Waals surface area contributed by atoms with Crippen molar-refractivity contribution in [3.63, 3.8) is 0 Å². The smallest absolute Gasteiger partial charge is 0.255 e. The molecule has 0 bridgehead atoms. The van der Waals surface area contributed by atoms with E-state index in [2.05, 4.69) is 5.32 Å². The third-order valence-corrected chi connectivity index (χ3v) is 3.12. The van der Waals surface area contributed by atoms with Crippen molar-refractivity contribution in [1.29, 1.82) is 0 Å². The second kappa shape index (κ2) is 5.33. The lowest BCUT2D eigenvalue weighted by Gasteiger charge is -2.11. The van der Waals surface area contributed by atoms with E-state index in [1.165, 1.54) is 0 Å². The van der Waals surface area contributed by atoms with Gasteiger partial charge in [0.05, 0.1) is 10.7 Å². The molecule has 0 radical (unpaired) electrons. The summed E-state index contributed by atoms with van der Waals surface area (Å²) < 4.78 is 0. The van der Waals surface area contributed by atoms with Gasteiger partial charge in [-0.05, 0) is 49.2 Å². The summed E-state index contributed by atoms with van der Waals surface area (Å²) in [5.41, 5.74) is 9.36. The van der Waals surface area contributed by atoms with Crippen LogP contribution in [0.5, 0.6) is 0 Å². The first-order valence-electron chi connectivity index (χ1n) is 5.91. The van der Waals surface area contributed by atoms with E-state index < -0.39 is 0 Å². The van der Waals surface area contributed by atoms with Crippen molar-refractivity contribution in [3.05, 3.63) is 58.1 Å². The van der Waals surface area contributed by atoms with Crippen LogP contribution in [0.4, 0.5) is 11.4 Å². The maximum atomic E-state index is 12.1. The number of aryl methyl sites for hydroxylation is 2. The minimum Gasteiger partial charge on any atom is -0.399 e. The standard InChI is InChI=1S/C15H15ClN2O/c1-9-6-10(2)14(13(16)7-9)18-15(19)11-4-3-5-12(17)8-11/h3-8H,17H2,1-2H3,(H,18,19). The lowest BCUT2D eigenvalue weighted by molar-refractivity contribution is 0.102. The van der Waals surface area contributed by atoms with Gasteiger partial charge in [0, 0.05) is 11.3 Å². The molecular weight excluding hydrogens is 260 g/mol. The molecule has 0 aromatic heterocycles. The SMILES string of the molecule is Cc1cc(C)c(NC(=O)c2cccc(N)c2)c(Cl)c1. The Morgan fingerprint density at radius 2 is 1.95 bits per heavy atom. The van der Waals surface area contributed by atoms with Gasteiger partial charge in [0.25, 0.3) is 5.91 Å². The molecule has 3 nitrogen and oxygen atoms in total. The third kappa shape index (κ3) is 3.06. The molecular formula is C15H15ClN2O. The molecule has 0 spiro atoms. The van der Waals surface area contributed by atoms with E-state index >= 15 is 0 Å². The van der Waals surface area contributed by atoms with Crippen molar-refractivity contribution in [2.45, 2.75) is 13.8 Å². The lowest BCUT2D eigenvalue weighted by atomic mass is 10.1. The average Bonchev–Trinajstić information content (AvgIpc) is 2.33. The minimum atomic E-state index is -0.221. The molecule has 4 heteroatoms. The first-order valence-corrected chi connectivity index (χ1v) is 6.29. The zero-order valence-corrected chi connectivity index (χ0v) is 11.6. The monoisotopic (exact) mass is 274 g/mol. The molecule has 19 heavy (non-hydrogen) atoms. The number of carbonyl (C=O) groups is 1. The van der Waals surface area contributed by atoms with Gasteiger partial charge >= 0.3 is 0 Å². The molecule has 0 atom stereocenters. The summed E-state index contributed by atoms with van der Waals surface area (Å²) in [6.45, 7) is 3.87. The molecule has 2 aromatic carbocycles. The highest BCUT2D eigenvalue weighted by atomic mass is 35.5. The number of benzene rings is 2. The highest BCUT2D eigenvalue weighted by Gasteiger charge is 2.11. The van der Waals surface area contributed by atoms with Crippen molar-refractivity contribution < 1.29 is 4.79 Å². The van der Waals surface area contributed by atoms with Crippen LogP contribution in [-0.4, -0.2) is 5.91 Å². The Morgan fingerprint density at radius 1 is 1.21 bits per heavy atom. The Hall–Kier alpha value is -2.00. The minimum absolute atomic E-state index is 0.221. The average molecular weight is 275 g/mol. The number of halogens is 1. The highest BCUT2D eigenvalue weighted by Crippen LogP contribution is 2.27. The Kier molecular flexibility index (Phi) is 3.76. The number of rotatable bonds is 2. The maximum Gasteiger partial charge on any atom is 0.255 e. The van der Waals surface area contributed by atoms with Crippen LogP contribution < -0.4 is 11.1 Å². The van der Waals surface area contributed by atoms with E-state index in [4.69, 9.17) is 17.3 Å². The second-order valence-corrected chi connectivity index (χ2v) is 4.93. The van der Waals surface area contributed by atoms with E-state index in [-0.39, 0.29) is 5.91 Å².